The van der Waals surface area contributed by atoms with Gasteiger partial charge in [0.05, 0.1) is 21.2 Å². The van der Waals surface area contributed by atoms with Gasteiger partial charge in [-0.05, 0) is 76.7 Å². The number of halogens is 12. The van der Waals surface area contributed by atoms with E-state index >= 15 is 0 Å². The number of hydrogen-bond donors (Lipinski definition) is 0. The summed E-state index contributed by atoms with van der Waals surface area (Å²) in [4.78, 5) is 0. The molecule has 0 unspecified atom stereocenters. The fourth-order valence-electron chi connectivity index (χ4n) is 3.93. The van der Waals surface area contributed by atoms with Gasteiger partial charge >= 0.3 is 0 Å². The molecular formula is C26H12F12P2. The molecule has 4 aromatic rings. The van der Waals surface area contributed by atoms with Crippen molar-refractivity contribution >= 4 is 37.1 Å². The predicted octanol–water partition coefficient (Wildman–Crippen LogP) is 6.92. The molecular weight excluding hydrogens is 602 g/mol. The first-order valence-corrected chi connectivity index (χ1v) is 14.0. The van der Waals surface area contributed by atoms with E-state index < -0.39 is 119 Å². The monoisotopic (exact) mass is 614 g/mol. The minimum Gasteiger partial charge on any atom is -0.206 e. The molecule has 0 aliphatic rings. The second-order valence-electron chi connectivity index (χ2n) is 8.07. The smallest absolute Gasteiger partial charge is 0.169 e. The van der Waals surface area contributed by atoms with Crippen LogP contribution in [0, 0.1) is 69.8 Å². The third-order valence-corrected chi connectivity index (χ3v) is 11.2. The van der Waals surface area contributed by atoms with Crippen molar-refractivity contribution in [2.75, 3.05) is 12.3 Å². The first-order valence-electron chi connectivity index (χ1n) is 10.9. The molecule has 4 rings (SSSR count). The number of benzene rings is 4. The Labute approximate surface area is 220 Å². The molecule has 4 aromatic carbocycles. The molecule has 0 heterocycles. The van der Waals surface area contributed by atoms with E-state index in [0.717, 1.165) is 0 Å². The summed E-state index contributed by atoms with van der Waals surface area (Å²) in [5, 5.41) is -5.08. The lowest BCUT2D eigenvalue weighted by Gasteiger charge is -2.26. The molecule has 0 nitrogen and oxygen atoms in total. The Morgan fingerprint density at radius 3 is 0.675 bits per heavy atom. The molecule has 0 spiro atoms. The molecule has 0 bridgehead atoms. The molecule has 0 aliphatic heterocycles. The summed E-state index contributed by atoms with van der Waals surface area (Å²) < 4.78 is 175. The Morgan fingerprint density at radius 2 is 0.475 bits per heavy atom. The van der Waals surface area contributed by atoms with Crippen LogP contribution in [-0.4, -0.2) is 12.3 Å². The van der Waals surface area contributed by atoms with Gasteiger partial charge in [0.15, 0.2) is 46.5 Å². The van der Waals surface area contributed by atoms with E-state index in [4.69, 9.17) is 0 Å². The van der Waals surface area contributed by atoms with E-state index in [1.165, 1.54) is 0 Å². The molecule has 0 saturated carbocycles. The van der Waals surface area contributed by atoms with E-state index in [9.17, 15) is 52.7 Å². The van der Waals surface area contributed by atoms with Gasteiger partial charge in [-0.1, -0.05) is 0 Å². The van der Waals surface area contributed by atoms with Gasteiger partial charge < -0.3 is 0 Å². The van der Waals surface area contributed by atoms with Crippen molar-refractivity contribution in [1.29, 1.82) is 0 Å². The van der Waals surface area contributed by atoms with Crippen LogP contribution in [0.4, 0.5) is 52.7 Å². The van der Waals surface area contributed by atoms with Crippen molar-refractivity contribution < 1.29 is 52.7 Å². The average Bonchev–Trinajstić information content (AvgIpc) is 2.91. The van der Waals surface area contributed by atoms with Crippen molar-refractivity contribution in [3.63, 3.8) is 0 Å². The van der Waals surface area contributed by atoms with Crippen molar-refractivity contribution in [2.24, 2.45) is 0 Å². The lowest BCUT2D eigenvalue weighted by atomic mass is 10.3. The van der Waals surface area contributed by atoms with E-state index in [1.807, 2.05) is 0 Å². The third-order valence-electron chi connectivity index (χ3n) is 5.71. The Morgan fingerprint density at radius 1 is 0.300 bits per heavy atom. The van der Waals surface area contributed by atoms with Gasteiger partial charge in [0.2, 0.25) is 0 Å². The summed E-state index contributed by atoms with van der Waals surface area (Å²) >= 11 is 0. The highest BCUT2D eigenvalue weighted by atomic mass is 31.1. The number of rotatable bonds is 7. The van der Waals surface area contributed by atoms with Gasteiger partial charge in [-0.3, -0.25) is 0 Å². The van der Waals surface area contributed by atoms with Crippen molar-refractivity contribution in [3.05, 3.63) is 118 Å². The maximum atomic E-state index is 14.8. The predicted molar refractivity (Wildman–Crippen MR) is 127 cm³/mol. The first-order chi connectivity index (χ1) is 18.8. The van der Waals surface area contributed by atoms with Crippen LogP contribution in [0.25, 0.3) is 0 Å². The summed E-state index contributed by atoms with van der Waals surface area (Å²) in [6.45, 7) is 0. The molecule has 0 atom stereocenters. The van der Waals surface area contributed by atoms with Crippen LogP contribution in [0.1, 0.15) is 0 Å². The minimum atomic E-state index is -3.17. The summed E-state index contributed by atoms with van der Waals surface area (Å²) in [5.74, 6) is -20.6. The molecule has 40 heavy (non-hydrogen) atoms. The van der Waals surface area contributed by atoms with Crippen LogP contribution in [0.5, 0.6) is 0 Å². The van der Waals surface area contributed by atoms with Crippen LogP contribution >= 0.6 is 15.8 Å². The molecule has 0 aromatic heterocycles. The standard InChI is InChI=1S/C26H12F12P2/c27-11-1-5-15(31)23(19(11)35)39(24-16(32)6-2-12(28)20(24)36)9-10-40(25-17(33)7-3-13(29)21(25)37)26-18(34)8-4-14(30)22(26)38/h1-8H,9-10H2. The Balaban J connectivity index is 1.96. The van der Waals surface area contributed by atoms with Crippen LogP contribution in [0.3, 0.4) is 0 Å². The summed E-state index contributed by atoms with van der Waals surface area (Å²) in [6, 6.07) is 3.00. The van der Waals surface area contributed by atoms with Gasteiger partial charge in [-0.25, -0.2) is 52.7 Å². The molecule has 0 aliphatic carbocycles. The quantitative estimate of drug-likeness (QED) is 0.121. The summed E-state index contributed by atoms with van der Waals surface area (Å²) in [6.07, 6.45) is -2.00. The highest BCUT2D eigenvalue weighted by Crippen LogP contribution is 2.45. The lowest BCUT2D eigenvalue weighted by molar-refractivity contribution is 0.501. The Bertz CT molecular complexity index is 1370. The Kier molecular flexibility index (Phi) is 8.80. The first kappa shape index (κ1) is 29.9. The van der Waals surface area contributed by atoms with E-state index in [1.54, 1.807) is 0 Å². The van der Waals surface area contributed by atoms with E-state index in [0.29, 0.717) is 48.5 Å². The maximum Gasteiger partial charge on any atom is 0.169 e. The number of hydrogen-bond acceptors (Lipinski definition) is 0. The highest BCUT2D eigenvalue weighted by molar-refractivity contribution is 7.76. The van der Waals surface area contributed by atoms with Crippen LogP contribution in [0.2, 0.25) is 0 Å². The molecule has 0 amide bonds. The fourth-order valence-corrected chi connectivity index (χ4v) is 9.57. The third kappa shape index (κ3) is 5.44. The van der Waals surface area contributed by atoms with E-state index in [-0.39, 0.29) is 0 Å². The van der Waals surface area contributed by atoms with Crippen molar-refractivity contribution in [2.45, 2.75) is 0 Å². The van der Waals surface area contributed by atoms with Crippen LogP contribution in [-0.2, 0) is 0 Å². The van der Waals surface area contributed by atoms with Crippen LogP contribution in [0.15, 0.2) is 48.5 Å². The summed E-state index contributed by atoms with van der Waals surface area (Å²) in [7, 11) is -6.35. The van der Waals surface area contributed by atoms with Crippen LogP contribution < -0.4 is 21.2 Å². The highest BCUT2D eigenvalue weighted by Gasteiger charge is 2.35. The second kappa shape index (κ2) is 11.8. The zero-order valence-electron chi connectivity index (χ0n) is 19.5. The zero-order valence-corrected chi connectivity index (χ0v) is 21.3. The zero-order chi connectivity index (χ0) is 29.5. The molecule has 210 valence electrons. The molecule has 0 N–H and O–H groups in total. The van der Waals surface area contributed by atoms with Gasteiger partial charge in [0.1, 0.15) is 23.3 Å². The molecule has 14 heteroatoms. The molecule has 0 saturated heterocycles. The van der Waals surface area contributed by atoms with E-state index in [2.05, 4.69) is 0 Å². The maximum absolute atomic E-state index is 14.8. The largest absolute Gasteiger partial charge is 0.206 e. The fraction of sp³-hybridized carbons (Fsp3) is 0.0769. The van der Waals surface area contributed by atoms with Crippen molar-refractivity contribution in [3.8, 4) is 0 Å². The SMILES string of the molecule is Fc1ccc(F)c(P(CCP(c2c(F)ccc(F)c2F)c2c(F)ccc(F)c2F)c2c(F)ccc(F)c2F)c1F. The topological polar surface area (TPSA) is 0 Å². The average molecular weight is 614 g/mol. The molecule has 0 fully saturated rings. The minimum absolute atomic E-state index is 0.349. The van der Waals surface area contributed by atoms with Gasteiger partial charge in [0.25, 0.3) is 0 Å². The lowest BCUT2D eigenvalue weighted by Crippen LogP contribution is -2.30. The molecule has 0 radical (unpaired) electrons. The van der Waals surface area contributed by atoms with Gasteiger partial charge in [0, 0.05) is 0 Å². The second-order valence-corrected chi connectivity index (χ2v) is 12.5. The Hall–Kier alpha value is -3.10. The van der Waals surface area contributed by atoms with Gasteiger partial charge in [-0.2, -0.15) is 0 Å². The summed E-state index contributed by atoms with van der Waals surface area (Å²) in [5.41, 5.74) is 0. The van der Waals surface area contributed by atoms with Gasteiger partial charge in [-0.15, -0.1) is 0 Å². The normalized spacial score (nSPS) is 11.7. The van der Waals surface area contributed by atoms with Crippen molar-refractivity contribution in [1.82, 2.24) is 0 Å².